The van der Waals surface area contributed by atoms with E-state index in [1.807, 2.05) is 18.3 Å². The van der Waals surface area contributed by atoms with Crippen molar-refractivity contribution in [1.82, 2.24) is 9.88 Å². The molecule has 0 radical (unpaired) electrons. The number of benzene rings is 1. The van der Waals surface area contributed by atoms with Gasteiger partial charge in [-0.1, -0.05) is 0 Å². The smallest absolute Gasteiger partial charge is 0.116 e. The second-order valence-corrected chi connectivity index (χ2v) is 4.69. The van der Waals surface area contributed by atoms with E-state index in [4.69, 9.17) is 0 Å². The molecule has 0 atom stereocenters. The Morgan fingerprint density at radius 2 is 1.94 bits per heavy atom. The van der Waals surface area contributed by atoms with Gasteiger partial charge in [-0.3, -0.25) is 0 Å². The first kappa shape index (κ1) is 10.5. The molecule has 4 nitrogen and oxygen atoms in total. The van der Waals surface area contributed by atoms with Crippen LogP contribution in [0.25, 0.3) is 10.9 Å². The maximum Gasteiger partial charge on any atom is 0.116 e. The minimum atomic E-state index is 0.326. The van der Waals surface area contributed by atoms with Gasteiger partial charge in [0.1, 0.15) is 5.75 Å². The number of phenols is 1. The summed E-state index contributed by atoms with van der Waals surface area (Å²) in [5, 5.41) is 10.7. The summed E-state index contributed by atoms with van der Waals surface area (Å²) in [7, 11) is 2.15. The molecule has 0 amide bonds. The SMILES string of the molecule is CN1CCN(c2c[nH]c3ccc(O)cc23)CC1. The molecule has 0 unspecified atom stereocenters. The zero-order valence-electron chi connectivity index (χ0n) is 9.98. The van der Waals surface area contributed by atoms with Gasteiger partial charge in [-0.05, 0) is 25.2 Å². The molecule has 0 saturated carbocycles. The van der Waals surface area contributed by atoms with Gasteiger partial charge in [0.15, 0.2) is 0 Å². The van der Waals surface area contributed by atoms with E-state index in [1.165, 1.54) is 5.69 Å². The number of likely N-dealkylation sites (N-methyl/N-ethyl adjacent to an activating group) is 1. The molecule has 0 aliphatic carbocycles. The summed E-state index contributed by atoms with van der Waals surface area (Å²) in [4.78, 5) is 7.97. The van der Waals surface area contributed by atoms with E-state index >= 15 is 0 Å². The van der Waals surface area contributed by atoms with E-state index in [1.54, 1.807) is 6.07 Å². The van der Waals surface area contributed by atoms with Crippen LogP contribution in [0.3, 0.4) is 0 Å². The number of phenolic OH excluding ortho intramolecular Hbond substituents is 1. The molecule has 0 bridgehead atoms. The quantitative estimate of drug-likeness (QED) is 0.784. The Balaban J connectivity index is 1.97. The molecule has 1 saturated heterocycles. The van der Waals surface area contributed by atoms with Crippen molar-refractivity contribution in [3.05, 3.63) is 24.4 Å². The fraction of sp³-hybridized carbons (Fsp3) is 0.385. The molecular weight excluding hydrogens is 214 g/mol. The molecule has 1 aromatic carbocycles. The van der Waals surface area contributed by atoms with E-state index in [2.05, 4.69) is 21.8 Å². The van der Waals surface area contributed by atoms with E-state index in [0.717, 1.165) is 37.1 Å². The fourth-order valence-electron chi connectivity index (χ4n) is 2.40. The topological polar surface area (TPSA) is 42.5 Å². The summed E-state index contributed by atoms with van der Waals surface area (Å²) in [5.41, 5.74) is 2.28. The van der Waals surface area contributed by atoms with Crippen molar-refractivity contribution in [2.24, 2.45) is 0 Å². The third-order valence-corrected chi connectivity index (χ3v) is 3.49. The van der Waals surface area contributed by atoms with Crippen LogP contribution in [-0.4, -0.2) is 48.2 Å². The predicted molar refractivity (Wildman–Crippen MR) is 69.7 cm³/mol. The molecule has 2 heterocycles. The summed E-state index contributed by atoms with van der Waals surface area (Å²) in [5.74, 6) is 0.326. The number of hydrogen-bond acceptors (Lipinski definition) is 3. The summed E-state index contributed by atoms with van der Waals surface area (Å²) in [6.07, 6.45) is 2.04. The highest BCUT2D eigenvalue weighted by atomic mass is 16.3. The van der Waals surface area contributed by atoms with Gasteiger partial charge in [-0.2, -0.15) is 0 Å². The minimum Gasteiger partial charge on any atom is -0.508 e. The third-order valence-electron chi connectivity index (χ3n) is 3.49. The summed E-state index contributed by atoms with van der Waals surface area (Å²) < 4.78 is 0. The third kappa shape index (κ3) is 1.85. The molecule has 0 spiro atoms. The van der Waals surface area contributed by atoms with Crippen LogP contribution >= 0.6 is 0 Å². The molecular formula is C13H17N3O. The molecule has 17 heavy (non-hydrogen) atoms. The molecule has 1 fully saturated rings. The van der Waals surface area contributed by atoms with Crippen molar-refractivity contribution < 1.29 is 5.11 Å². The number of aromatic nitrogens is 1. The van der Waals surface area contributed by atoms with Gasteiger partial charge in [-0.25, -0.2) is 0 Å². The Kier molecular flexibility index (Phi) is 2.44. The number of aromatic amines is 1. The Morgan fingerprint density at radius 3 is 2.71 bits per heavy atom. The van der Waals surface area contributed by atoms with Gasteiger partial charge >= 0.3 is 0 Å². The molecule has 2 aromatic rings. The number of aromatic hydroxyl groups is 1. The number of rotatable bonds is 1. The average molecular weight is 231 g/mol. The van der Waals surface area contributed by atoms with Gasteiger partial charge in [0.05, 0.1) is 5.69 Å². The van der Waals surface area contributed by atoms with Gasteiger partial charge in [0.25, 0.3) is 0 Å². The summed E-state index contributed by atoms with van der Waals surface area (Å²) >= 11 is 0. The molecule has 1 aliphatic rings. The zero-order valence-corrected chi connectivity index (χ0v) is 9.98. The van der Waals surface area contributed by atoms with Crippen molar-refractivity contribution in [3.63, 3.8) is 0 Å². The molecule has 1 aliphatic heterocycles. The Bertz CT molecular complexity index is 526. The van der Waals surface area contributed by atoms with Gasteiger partial charge < -0.3 is 19.9 Å². The lowest BCUT2D eigenvalue weighted by Crippen LogP contribution is -2.44. The van der Waals surface area contributed by atoms with Crippen LogP contribution in [0, 0.1) is 0 Å². The lowest BCUT2D eigenvalue weighted by Gasteiger charge is -2.33. The largest absolute Gasteiger partial charge is 0.508 e. The van der Waals surface area contributed by atoms with Gasteiger partial charge in [0.2, 0.25) is 0 Å². The summed E-state index contributed by atoms with van der Waals surface area (Å²) in [6, 6.07) is 5.47. The number of fused-ring (bicyclic) bond motifs is 1. The van der Waals surface area contributed by atoms with Crippen molar-refractivity contribution in [2.45, 2.75) is 0 Å². The maximum atomic E-state index is 9.57. The number of hydrogen-bond donors (Lipinski definition) is 2. The monoisotopic (exact) mass is 231 g/mol. The Morgan fingerprint density at radius 1 is 1.18 bits per heavy atom. The Labute approximate surface area is 100 Å². The first-order valence-electron chi connectivity index (χ1n) is 5.97. The number of piperazine rings is 1. The van der Waals surface area contributed by atoms with Crippen molar-refractivity contribution in [3.8, 4) is 5.75 Å². The van der Waals surface area contributed by atoms with Crippen LogP contribution in [0.1, 0.15) is 0 Å². The maximum absolute atomic E-state index is 9.57. The molecule has 3 rings (SSSR count). The number of anilines is 1. The highest BCUT2D eigenvalue weighted by Gasteiger charge is 2.17. The van der Waals surface area contributed by atoms with Crippen LogP contribution in [-0.2, 0) is 0 Å². The Hall–Kier alpha value is -1.68. The van der Waals surface area contributed by atoms with Gasteiger partial charge in [-0.15, -0.1) is 0 Å². The lowest BCUT2D eigenvalue weighted by atomic mass is 10.2. The second-order valence-electron chi connectivity index (χ2n) is 4.69. The normalized spacial score (nSPS) is 17.8. The van der Waals surface area contributed by atoms with Gasteiger partial charge in [0, 0.05) is 43.3 Å². The first-order chi connectivity index (χ1) is 8.24. The van der Waals surface area contributed by atoms with E-state index in [-0.39, 0.29) is 0 Å². The van der Waals surface area contributed by atoms with E-state index in [0.29, 0.717) is 5.75 Å². The van der Waals surface area contributed by atoms with Crippen LogP contribution in [0.15, 0.2) is 24.4 Å². The number of nitrogens with one attached hydrogen (secondary N) is 1. The first-order valence-corrected chi connectivity index (χ1v) is 5.97. The van der Waals surface area contributed by atoms with Crippen LogP contribution in [0.4, 0.5) is 5.69 Å². The molecule has 90 valence electrons. The number of H-pyrrole nitrogens is 1. The average Bonchev–Trinajstić information content (AvgIpc) is 2.73. The molecule has 1 aromatic heterocycles. The number of nitrogens with zero attached hydrogens (tertiary/aromatic N) is 2. The van der Waals surface area contributed by atoms with Crippen LogP contribution in [0.2, 0.25) is 0 Å². The van der Waals surface area contributed by atoms with E-state index in [9.17, 15) is 5.11 Å². The van der Waals surface area contributed by atoms with E-state index < -0.39 is 0 Å². The van der Waals surface area contributed by atoms with Crippen LogP contribution in [0.5, 0.6) is 5.75 Å². The van der Waals surface area contributed by atoms with Crippen molar-refractivity contribution in [2.75, 3.05) is 38.1 Å². The highest BCUT2D eigenvalue weighted by molar-refractivity contribution is 5.93. The highest BCUT2D eigenvalue weighted by Crippen LogP contribution is 2.29. The van der Waals surface area contributed by atoms with Crippen LogP contribution < -0.4 is 4.90 Å². The minimum absolute atomic E-state index is 0.326. The lowest BCUT2D eigenvalue weighted by molar-refractivity contribution is 0.313. The summed E-state index contributed by atoms with van der Waals surface area (Å²) in [6.45, 7) is 4.26. The predicted octanol–water partition coefficient (Wildman–Crippen LogP) is 1.63. The molecule has 2 N–H and O–H groups in total. The second kappa shape index (κ2) is 3.96. The fourth-order valence-corrected chi connectivity index (χ4v) is 2.40. The molecule has 4 heteroatoms. The van der Waals surface area contributed by atoms with Crippen molar-refractivity contribution >= 4 is 16.6 Å². The van der Waals surface area contributed by atoms with Crippen molar-refractivity contribution in [1.29, 1.82) is 0 Å². The zero-order chi connectivity index (χ0) is 11.8. The standard InChI is InChI=1S/C13H17N3O/c1-15-4-6-16(7-5-15)13-9-14-12-3-2-10(17)8-11(12)13/h2-3,8-9,14,17H,4-7H2,1H3.